The standard InChI is InChI=1S/C18H17BrN4O3/c1-18(2,3)26-17(25)11-4-5-15(21-8-11)23-16(24)14(10-22-23)12-6-13(19)9-20-7-12/h4-10,22H,1-3H3. The first-order valence-corrected chi connectivity index (χ1v) is 8.65. The number of hydrogen-bond donors (Lipinski definition) is 1. The molecule has 0 bridgehead atoms. The number of H-pyrrole nitrogens is 1. The third kappa shape index (κ3) is 3.91. The molecule has 1 N–H and O–H groups in total. The topological polar surface area (TPSA) is 89.9 Å². The Morgan fingerprint density at radius 2 is 2.00 bits per heavy atom. The van der Waals surface area contributed by atoms with Crippen molar-refractivity contribution < 1.29 is 9.53 Å². The summed E-state index contributed by atoms with van der Waals surface area (Å²) in [6.07, 6.45) is 6.23. The van der Waals surface area contributed by atoms with E-state index in [1.54, 1.807) is 57.6 Å². The number of halogens is 1. The lowest BCUT2D eigenvalue weighted by Crippen LogP contribution is -2.24. The van der Waals surface area contributed by atoms with E-state index in [4.69, 9.17) is 4.74 Å². The van der Waals surface area contributed by atoms with E-state index >= 15 is 0 Å². The lowest BCUT2D eigenvalue weighted by atomic mass is 10.2. The van der Waals surface area contributed by atoms with Crippen LogP contribution in [0, 0.1) is 0 Å². The molecule has 0 saturated carbocycles. The van der Waals surface area contributed by atoms with E-state index in [0.29, 0.717) is 22.5 Å². The Morgan fingerprint density at radius 1 is 1.23 bits per heavy atom. The predicted molar refractivity (Wildman–Crippen MR) is 100 cm³/mol. The van der Waals surface area contributed by atoms with Crippen LogP contribution in [0.25, 0.3) is 16.9 Å². The SMILES string of the molecule is CC(C)(C)OC(=O)c1ccc(-n2[nH]cc(-c3cncc(Br)c3)c2=O)nc1. The molecule has 0 saturated heterocycles. The van der Waals surface area contributed by atoms with Crippen LogP contribution in [0.1, 0.15) is 31.1 Å². The molecule has 8 heteroatoms. The maximum absolute atomic E-state index is 12.6. The van der Waals surface area contributed by atoms with Crippen molar-refractivity contribution in [1.29, 1.82) is 0 Å². The molecule has 0 amide bonds. The highest BCUT2D eigenvalue weighted by Gasteiger charge is 2.18. The molecule has 0 atom stereocenters. The number of pyridine rings is 2. The van der Waals surface area contributed by atoms with Gasteiger partial charge in [-0.25, -0.2) is 14.5 Å². The number of hydrogen-bond acceptors (Lipinski definition) is 5. The zero-order valence-corrected chi connectivity index (χ0v) is 16.1. The first kappa shape index (κ1) is 18.1. The number of nitrogens with one attached hydrogen (secondary N) is 1. The van der Waals surface area contributed by atoms with Gasteiger partial charge in [-0.15, -0.1) is 0 Å². The Hall–Kier alpha value is -2.74. The summed E-state index contributed by atoms with van der Waals surface area (Å²) in [6, 6.07) is 4.96. The summed E-state index contributed by atoms with van der Waals surface area (Å²) in [6.45, 7) is 5.39. The zero-order chi connectivity index (χ0) is 18.9. The van der Waals surface area contributed by atoms with E-state index in [0.717, 1.165) is 4.47 Å². The van der Waals surface area contributed by atoms with Crippen LogP contribution in [0.3, 0.4) is 0 Å². The molecule has 0 aliphatic heterocycles. The minimum Gasteiger partial charge on any atom is -0.456 e. The molecule has 0 aliphatic rings. The van der Waals surface area contributed by atoms with Crippen molar-refractivity contribution in [2.24, 2.45) is 0 Å². The highest BCUT2D eigenvalue weighted by molar-refractivity contribution is 9.10. The van der Waals surface area contributed by atoms with Gasteiger partial charge in [-0.2, -0.15) is 0 Å². The van der Waals surface area contributed by atoms with Crippen molar-refractivity contribution in [3.05, 3.63) is 63.4 Å². The van der Waals surface area contributed by atoms with Gasteiger partial charge in [0.2, 0.25) is 0 Å². The molecular formula is C18H17BrN4O3. The number of carbonyl (C=O) groups excluding carboxylic acids is 1. The number of ether oxygens (including phenoxy) is 1. The van der Waals surface area contributed by atoms with E-state index in [9.17, 15) is 9.59 Å². The van der Waals surface area contributed by atoms with Gasteiger partial charge in [-0.1, -0.05) is 0 Å². The second-order valence-corrected chi connectivity index (χ2v) is 7.54. The summed E-state index contributed by atoms with van der Waals surface area (Å²) in [5.41, 5.74) is 0.627. The highest BCUT2D eigenvalue weighted by Crippen LogP contribution is 2.19. The summed E-state index contributed by atoms with van der Waals surface area (Å²) in [5, 5.41) is 2.88. The fraction of sp³-hybridized carbons (Fsp3) is 0.222. The van der Waals surface area contributed by atoms with Gasteiger partial charge in [0.1, 0.15) is 5.60 Å². The van der Waals surface area contributed by atoms with Crippen LogP contribution in [0.4, 0.5) is 0 Å². The molecule has 3 aromatic heterocycles. The van der Waals surface area contributed by atoms with Crippen LogP contribution >= 0.6 is 15.9 Å². The molecule has 0 unspecified atom stereocenters. The molecule has 0 aliphatic carbocycles. The molecule has 7 nitrogen and oxygen atoms in total. The van der Waals surface area contributed by atoms with E-state index in [2.05, 4.69) is 31.0 Å². The number of aromatic nitrogens is 4. The lowest BCUT2D eigenvalue weighted by molar-refractivity contribution is 0.00691. The van der Waals surface area contributed by atoms with Crippen molar-refractivity contribution in [3.8, 4) is 16.9 Å². The molecule has 0 aromatic carbocycles. The van der Waals surface area contributed by atoms with Crippen LogP contribution in [-0.4, -0.2) is 31.3 Å². The van der Waals surface area contributed by atoms with Crippen LogP contribution in [0.15, 0.2) is 52.3 Å². The van der Waals surface area contributed by atoms with Crippen molar-refractivity contribution >= 4 is 21.9 Å². The molecular weight excluding hydrogens is 400 g/mol. The van der Waals surface area contributed by atoms with Gasteiger partial charge in [-0.3, -0.25) is 14.9 Å². The predicted octanol–water partition coefficient (Wildman–Crippen LogP) is 3.34. The second kappa shape index (κ2) is 6.87. The maximum Gasteiger partial charge on any atom is 0.340 e. The molecule has 3 rings (SSSR count). The van der Waals surface area contributed by atoms with Gasteiger partial charge in [0.05, 0.1) is 11.1 Å². The third-order valence-electron chi connectivity index (χ3n) is 3.40. The van der Waals surface area contributed by atoms with Crippen molar-refractivity contribution in [2.45, 2.75) is 26.4 Å². The Bertz CT molecular complexity index is 1000. The van der Waals surface area contributed by atoms with Crippen molar-refractivity contribution in [3.63, 3.8) is 0 Å². The zero-order valence-electron chi connectivity index (χ0n) is 14.5. The quantitative estimate of drug-likeness (QED) is 0.661. The molecule has 3 heterocycles. The summed E-state index contributed by atoms with van der Waals surface area (Å²) >= 11 is 3.34. The number of rotatable bonds is 3. The van der Waals surface area contributed by atoms with Gasteiger partial charge in [0, 0.05) is 34.8 Å². The van der Waals surface area contributed by atoms with E-state index in [1.165, 1.54) is 10.9 Å². The van der Waals surface area contributed by atoms with E-state index < -0.39 is 11.6 Å². The molecule has 26 heavy (non-hydrogen) atoms. The Balaban J connectivity index is 1.89. The summed E-state index contributed by atoms with van der Waals surface area (Å²) in [7, 11) is 0. The fourth-order valence-electron chi connectivity index (χ4n) is 2.28. The minimum atomic E-state index is -0.584. The van der Waals surface area contributed by atoms with Gasteiger partial charge in [-0.05, 0) is 54.9 Å². The number of aromatic amines is 1. The van der Waals surface area contributed by atoms with E-state index in [1.807, 2.05) is 0 Å². The smallest absolute Gasteiger partial charge is 0.340 e. The fourth-order valence-corrected chi connectivity index (χ4v) is 2.65. The average molecular weight is 417 g/mol. The Morgan fingerprint density at radius 3 is 2.62 bits per heavy atom. The second-order valence-electron chi connectivity index (χ2n) is 6.63. The highest BCUT2D eigenvalue weighted by atomic mass is 79.9. The summed E-state index contributed by atoms with van der Waals surface area (Å²) < 4.78 is 7.38. The molecule has 3 aromatic rings. The summed E-state index contributed by atoms with van der Waals surface area (Å²) in [4.78, 5) is 33.0. The molecule has 0 spiro atoms. The van der Waals surface area contributed by atoms with Crippen molar-refractivity contribution in [2.75, 3.05) is 0 Å². The number of nitrogens with zero attached hydrogens (tertiary/aromatic N) is 3. The van der Waals surface area contributed by atoms with Crippen LogP contribution in [-0.2, 0) is 4.74 Å². The van der Waals surface area contributed by atoms with Gasteiger partial charge < -0.3 is 4.74 Å². The molecule has 0 fully saturated rings. The number of carbonyl (C=O) groups is 1. The van der Waals surface area contributed by atoms with Gasteiger partial charge in [0.15, 0.2) is 5.82 Å². The number of esters is 1. The average Bonchev–Trinajstić information content (AvgIpc) is 2.95. The van der Waals surface area contributed by atoms with E-state index in [-0.39, 0.29) is 5.56 Å². The van der Waals surface area contributed by atoms with Crippen molar-refractivity contribution in [1.82, 2.24) is 19.7 Å². The summed E-state index contributed by atoms with van der Waals surface area (Å²) in [5.74, 6) is -0.0900. The maximum atomic E-state index is 12.6. The monoisotopic (exact) mass is 416 g/mol. The molecule has 134 valence electrons. The third-order valence-corrected chi connectivity index (χ3v) is 3.83. The minimum absolute atomic E-state index is 0.262. The Kier molecular flexibility index (Phi) is 4.78. The Labute approximate surface area is 158 Å². The molecule has 0 radical (unpaired) electrons. The normalized spacial score (nSPS) is 11.4. The first-order chi connectivity index (χ1) is 12.2. The first-order valence-electron chi connectivity index (χ1n) is 7.86. The van der Waals surface area contributed by atoms with Gasteiger partial charge in [0.25, 0.3) is 5.56 Å². The lowest BCUT2D eigenvalue weighted by Gasteiger charge is -2.19. The van der Waals surface area contributed by atoms with Crippen LogP contribution < -0.4 is 5.56 Å². The van der Waals surface area contributed by atoms with Crippen LogP contribution in [0.5, 0.6) is 0 Å². The van der Waals surface area contributed by atoms with Gasteiger partial charge >= 0.3 is 5.97 Å². The van der Waals surface area contributed by atoms with Crippen LogP contribution in [0.2, 0.25) is 0 Å². The largest absolute Gasteiger partial charge is 0.456 e.